The highest BCUT2D eigenvalue weighted by atomic mass is 32.2. The van der Waals surface area contributed by atoms with E-state index in [1.54, 1.807) is 24.4 Å². The number of aromatic nitrogens is 1. The Kier molecular flexibility index (Phi) is 2.83. The minimum atomic E-state index is -3.67. The Balaban J connectivity index is 2.42. The van der Waals surface area contributed by atoms with Crippen molar-refractivity contribution in [2.75, 3.05) is 0 Å². The molecule has 3 N–H and O–H groups in total. The highest BCUT2D eigenvalue weighted by Crippen LogP contribution is 2.18. The van der Waals surface area contributed by atoms with Crippen LogP contribution in [0.15, 0.2) is 52.3 Å². The van der Waals surface area contributed by atoms with E-state index in [9.17, 15) is 13.2 Å². The maximum Gasteiger partial charge on any atom is 0.247 e. The van der Waals surface area contributed by atoms with Gasteiger partial charge >= 0.3 is 0 Å². The maximum absolute atomic E-state index is 11.1. The molecule has 0 aliphatic carbocycles. The van der Waals surface area contributed by atoms with E-state index in [4.69, 9.17) is 5.14 Å². The number of rotatable bonds is 2. The number of H-pyrrole nitrogens is 1. The lowest BCUT2D eigenvalue weighted by Gasteiger charge is -2.02. The Bertz CT molecular complexity index is 667. The first kappa shape index (κ1) is 11.6. The number of benzene rings is 1. The van der Waals surface area contributed by atoms with Crippen LogP contribution in [0, 0.1) is 0 Å². The summed E-state index contributed by atoms with van der Waals surface area (Å²) in [4.78, 5) is 13.5. The molecule has 0 atom stereocenters. The highest BCUT2D eigenvalue weighted by Gasteiger charge is 2.07. The zero-order valence-corrected chi connectivity index (χ0v) is 9.57. The molecule has 2 aromatic rings. The van der Waals surface area contributed by atoms with Gasteiger partial charge < -0.3 is 4.98 Å². The molecule has 0 fully saturated rings. The molecule has 1 aromatic carbocycles. The van der Waals surface area contributed by atoms with E-state index in [2.05, 4.69) is 4.98 Å². The largest absolute Gasteiger partial charge is 0.328 e. The third-order valence-electron chi connectivity index (χ3n) is 2.30. The Hall–Kier alpha value is -1.92. The average Bonchev–Trinajstić information content (AvgIpc) is 2.29. The van der Waals surface area contributed by atoms with E-state index in [0.29, 0.717) is 0 Å². The van der Waals surface area contributed by atoms with Crippen LogP contribution in [0.2, 0.25) is 0 Å². The summed E-state index contributed by atoms with van der Waals surface area (Å²) < 4.78 is 22.1. The molecule has 2 rings (SSSR count). The summed E-state index contributed by atoms with van der Waals surface area (Å²) >= 11 is 0. The minimum absolute atomic E-state index is 0.0608. The predicted octanol–water partition coefficient (Wildman–Crippen LogP) is 0.689. The lowest BCUT2D eigenvalue weighted by molar-refractivity contribution is 0.598. The first-order valence-corrected chi connectivity index (χ1v) is 6.33. The zero-order chi connectivity index (χ0) is 12.5. The SMILES string of the molecule is NS(=O)(=O)c1ccc(-c2ccc(=O)[nH]c2)cc1. The Morgan fingerprint density at radius 1 is 0.941 bits per heavy atom. The molecule has 0 unspecified atom stereocenters. The summed E-state index contributed by atoms with van der Waals surface area (Å²) in [6.07, 6.45) is 1.56. The maximum atomic E-state index is 11.1. The Labute approximate surface area is 98.0 Å². The second-order valence-electron chi connectivity index (χ2n) is 3.51. The average molecular weight is 250 g/mol. The molecular weight excluding hydrogens is 240 g/mol. The van der Waals surface area contributed by atoms with Crippen LogP contribution in [0.1, 0.15) is 0 Å². The molecule has 17 heavy (non-hydrogen) atoms. The second-order valence-corrected chi connectivity index (χ2v) is 5.07. The second kappa shape index (κ2) is 4.15. The van der Waals surface area contributed by atoms with Crippen molar-refractivity contribution < 1.29 is 8.42 Å². The van der Waals surface area contributed by atoms with E-state index >= 15 is 0 Å². The van der Waals surface area contributed by atoms with E-state index < -0.39 is 10.0 Å². The summed E-state index contributed by atoms with van der Waals surface area (Å²) in [6.45, 7) is 0. The van der Waals surface area contributed by atoms with Crippen molar-refractivity contribution in [2.45, 2.75) is 4.90 Å². The van der Waals surface area contributed by atoms with Gasteiger partial charge in [-0.2, -0.15) is 0 Å². The van der Waals surface area contributed by atoms with Gasteiger partial charge in [-0.3, -0.25) is 4.79 Å². The van der Waals surface area contributed by atoms with Crippen LogP contribution in [0.5, 0.6) is 0 Å². The lowest BCUT2D eigenvalue weighted by Crippen LogP contribution is -2.11. The molecule has 0 radical (unpaired) electrons. The summed E-state index contributed by atoms with van der Waals surface area (Å²) in [5.41, 5.74) is 1.41. The van der Waals surface area contributed by atoms with Gasteiger partial charge in [-0.1, -0.05) is 12.1 Å². The van der Waals surface area contributed by atoms with Crippen molar-refractivity contribution in [3.05, 3.63) is 52.9 Å². The van der Waals surface area contributed by atoms with Gasteiger partial charge in [0.25, 0.3) is 0 Å². The first-order valence-electron chi connectivity index (χ1n) is 4.79. The van der Waals surface area contributed by atoms with Gasteiger partial charge in [-0.25, -0.2) is 13.6 Å². The molecule has 1 heterocycles. The molecule has 0 aliphatic heterocycles. The molecule has 0 spiro atoms. The predicted molar refractivity (Wildman–Crippen MR) is 63.9 cm³/mol. The molecule has 0 saturated carbocycles. The van der Waals surface area contributed by atoms with Crippen molar-refractivity contribution >= 4 is 10.0 Å². The number of nitrogens with two attached hydrogens (primary N) is 1. The van der Waals surface area contributed by atoms with Gasteiger partial charge in [0.1, 0.15) is 0 Å². The van der Waals surface area contributed by atoms with Crippen molar-refractivity contribution in [2.24, 2.45) is 5.14 Å². The molecular formula is C11H10N2O3S. The van der Waals surface area contributed by atoms with Crippen LogP contribution in [0.4, 0.5) is 0 Å². The number of hydrogen-bond donors (Lipinski definition) is 2. The fraction of sp³-hybridized carbons (Fsp3) is 0. The van der Waals surface area contributed by atoms with Crippen LogP contribution in [0.25, 0.3) is 11.1 Å². The van der Waals surface area contributed by atoms with Gasteiger partial charge in [-0.15, -0.1) is 0 Å². The minimum Gasteiger partial charge on any atom is -0.328 e. The van der Waals surface area contributed by atoms with Gasteiger partial charge in [0, 0.05) is 12.3 Å². The molecule has 88 valence electrons. The van der Waals surface area contributed by atoms with Crippen molar-refractivity contribution in [3.63, 3.8) is 0 Å². The summed E-state index contributed by atoms with van der Waals surface area (Å²) in [6, 6.07) is 9.18. The van der Waals surface area contributed by atoms with E-state index in [1.807, 2.05) is 0 Å². The van der Waals surface area contributed by atoms with Gasteiger partial charge in [0.2, 0.25) is 15.6 Å². The smallest absolute Gasteiger partial charge is 0.247 e. The van der Waals surface area contributed by atoms with Crippen LogP contribution in [-0.4, -0.2) is 13.4 Å². The van der Waals surface area contributed by atoms with Crippen LogP contribution < -0.4 is 10.7 Å². The summed E-state index contributed by atoms with van der Waals surface area (Å²) in [7, 11) is -3.67. The van der Waals surface area contributed by atoms with Crippen molar-refractivity contribution in [1.82, 2.24) is 4.98 Å². The molecule has 0 saturated heterocycles. The summed E-state index contributed by atoms with van der Waals surface area (Å²) in [5.74, 6) is 0. The molecule has 0 bridgehead atoms. The number of aromatic amines is 1. The monoisotopic (exact) mass is 250 g/mol. The molecule has 6 heteroatoms. The van der Waals surface area contributed by atoms with Gasteiger partial charge in [-0.05, 0) is 29.3 Å². The van der Waals surface area contributed by atoms with E-state index in [1.165, 1.54) is 18.2 Å². The number of primary sulfonamides is 1. The third-order valence-corrected chi connectivity index (χ3v) is 3.23. The topological polar surface area (TPSA) is 93.0 Å². The fourth-order valence-corrected chi connectivity index (χ4v) is 1.94. The van der Waals surface area contributed by atoms with Gasteiger partial charge in [0.05, 0.1) is 4.90 Å². The molecule has 0 aliphatic rings. The number of pyridine rings is 1. The van der Waals surface area contributed by atoms with E-state index in [-0.39, 0.29) is 10.5 Å². The zero-order valence-electron chi connectivity index (χ0n) is 8.75. The normalized spacial score (nSPS) is 11.4. The lowest BCUT2D eigenvalue weighted by atomic mass is 10.1. The number of sulfonamides is 1. The number of hydrogen-bond acceptors (Lipinski definition) is 3. The van der Waals surface area contributed by atoms with E-state index in [0.717, 1.165) is 11.1 Å². The first-order chi connectivity index (χ1) is 7.97. The quantitative estimate of drug-likeness (QED) is 0.821. The highest BCUT2D eigenvalue weighted by molar-refractivity contribution is 7.89. The van der Waals surface area contributed by atoms with Crippen molar-refractivity contribution in [1.29, 1.82) is 0 Å². The number of nitrogens with one attached hydrogen (secondary N) is 1. The third kappa shape index (κ3) is 2.61. The fourth-order valence-electron chi connectivity index (χ4n) is 1.43. The Morgan fingerprint density at radius 3 is 2.00 bits per heavy atom. The van der Waals surface area contributed by atoms with Crippen LogP contribution >= 0.6 is 0 Å². The Morgan fingerprint density at radius 2 is 1.53 bits per heavy atom. The van der Waals surface area contributed by atoms with Crippen molar-refractivity contribution in [3.8, 4) is 11.1 Å². The van der Waals surface area contributed by atoms with Gasteiger partial charge in [0.15, 0.2) is 0 Å². The van der Waals surface area contributed by atoms with Crippen LogP contribution in [-0.2, 0) is 10.0 Å². The molecule has 1 aromatic heterocycles. The standard InChI is InChI=1S/C11H10N2O3S/c12-17(15,16)10-4-1-8(2-5-10)9-3-6-11(14)13-7-9/h1-7H,(H,13,14)(H2,12,15,16). The van der Waals surface area contributed by atoms with Crippen LogP contribution in [0.3, 0.4) is 0 Å². The molecule has 5 nitrogen and oxygen atoms in total. The summed E-state index contributed by atoms with van der Waals surface area (Å²) in [5, 5.41) is 4.99. The molecule has 0 amide bonds.